The lowest BCUT2D eigenvalue weighted by Crippen LogP contribution is -2.70. The van der Waals surface area contributed by atoms with Gasteiger partial charge in [-0.3, -0.25) is 0 Å². The molecule has 2 saturated heterocycles. The third-order valence-corrected chi connectivity index (χ3v) is 5.83. The van der Waals surface area contributed by atoms with Crippen LogP contribution in [0.2, 0.25) is 0 Å². The van der Waals surface area contributed by atoms with Gasteiger partial charge in [0, 0.05) is 43.2 Å². The van der Waals surface area contributed by atoms with Gasteiger partial charge in [-0.25, -0.2) is 4.98 Å². The van der Waals surface area contributed by atoms with Crippen molar-refractivity contribution in [3.63, 3.8) is 0 Å². The highest BCUT2D eigenvalue weighted by atomic mass is 16.5. The molecule has 1 saturated carbocycles. The highest BCUT2D eigenvalue weighted by molar-refractivity contribution is 5.46. The predicted molar refractivity (Wildman–Crippen MR) is 88.7 cm³/mol. The van der Waals surface area contributed by atoms with Crippen molar-refractivity contribution in [1.29, 1.82) is 0 Å². The topological polar surface area (TPSA) is 61.7 Å². The van der Waals surface area contributed by atoms with E-state index in [1.807, 2.05) is 12.3 Å². The lowest BCUT2D eigenvalue weighted by atomic mass is 9.54. The molecule has 1 aliphatic carbocycles. The fourth-order valence-corrected chi connectivity index (χ4v) is 4.59. The summed E-state index contributed by atoms with van der Waals surface area (Å²) < 4.78 is 5.42. The molecule has 0 unspecified atom stereocenters. The molecule has 3 fully saturated rings. The second-order valence-electron chi connectivity index (χ2n) is 7.52. The van der Waals surface area contributed by atoms with Gasteiger partial charge in [0.1, 0.15) is 5.82 Å². The molecule has 3 atom stereocenters. The Morgan fingerprint density at radius 3 is 2.83 bits per heavy atom. The van der Waals surface area contributed by atoms with Gasteiger partial charge in [0.15, 0.2) is 0 Å². The van der Waals surface area contributed by atoms with Crippen LogP contribution in [0.4, 0.5) is 11.8 Å². The third kappa shape index (κ3) is 2.39. The standard InChI is InChI=1S/C17H26N4O2/c1-17(2)14-12(15(17)22)4-3-7-21(14)16-18-6-5-13(19-16)20-8-10-23-11-9-20/h5-6,12,14-15,22H,3-4,7-11H2,1-2H3/t12-,14+,15-/m0/s1. The minimum Gasteiger partial charge on any atom is -0.392 e. The Bertz CT molecular complexity index is 573. The number of anilines is 2. The number of hydrogen-bond donors (Lipinski definition) is 1. The van der Waals surface area contributed by atoms with E-state index in [2.05, 4.69) is 28.6 Å². The van der Waals surface area contributed by atoms with E-state index in [1.165, 1.54) is 0 Å². The first-order valence-electron chi connectivity index (χ1n) is 8.69. The summed E-state index contributed by atoms with van der Waals surface area (Å²) in [5, 5.41) is 10.4. The molecular weight excluding hydrogens is 292 g/mol. The highest BCUT2D eigenvalue weighted by Crippen LogP contribution is 2.52. The summed E-state index contributed by atoms with van der Waals surface area (Å²) >= 11 is 0. The largest absolute Gasteiger partial charge is 0.392 e. The molecule has 0 amide bonds. The van der Waals surface area contributed by atoms with Gasteiger partial charge < -0.3 is 19.6 Å². The maximum atomic E-state index is 10.4. The summed E-state index contributed by atoms with van der Waals surface area (Å²) in [6.07, 6.45) is 3.85. The number of aliphatic hydroxyl groups is 1. The molecule has 4 rings (SSSR count). The molecule has 2 aliphatic heterocycles. The monoisotopic (exact) mass is 318 g/mol. The van der Waals surface area contributed by atoms with Crippen molar-refractivity contribution < 1.29 is 9.84 Å². The van der Waals surface area contributed by atoms with Gasteiger partial charge >= 0.3 is 0 Å². The third-order valence-electron chi connectivity index (χ3n) is 5.83. The average Bonchev–Trinajstić information content (AvgIpc) is 2.61. The molecule has 3 aliphatic rings. The van der Waals surface area contributed by atoms with E-state index in [9.17, 15) is 5.11 Å². The summed E-state index contributed by atoms with van der Waals surface area (Å²) in [7, 11) is 0. The second-order valence-corrected chi connectivity index (χ2v) is 7.52. The van der Waals surface area contributed by atoms with Crippen molar-refractivity contribution in [2.75, 3.05) is 42.6 Å². The Morgan fingerprint density at radius 1 is 1.26 bits per heavy atom. The molecule has 1 aromatic rings. The zero-order valence-corrected chi connectivity index (χ0v) is 14.0. The van der Waals surface area contributed by atoms with E-state index in [0.717, 1.165) is 57.5 Å². The first-order chi connectivity index (χ1) is 11.1. The number of hydrogen-bond acceptors (Lipinski definition) is 6. The number of rotatable bonds is 2. The van der Waals surface area contributed by atoms with Gasteiger partial charge in [-0.2, -0.15) is 4.98 Å². The molecule has 126 valence electrons. The van der Waals surface area contributed by atoms with Crippen LogP contribution in [0, 0.1) is 11.3 Å². The Morgan fingerprint density at radius 2 is 2.04 bits per heavy atom. The quantitative estimate of drug-likeness (QED) is 0.887. The molecule has 0 bridgehead atoms. The maximum Gasteiger partial charge on any atom is 0.227 e. The van der Waals surface area contributed by atoms with Gasteiger partial charge in [-0.1, -0.05) is 13.8 Å². The summed E-state index contributed by atoms with van der Waals surface area (Å²) in [6.45, 7) is 8.56. The van der Waals surface area contributed by atoms with Crippen LogP contribution < -0.4 is 9.80 Å². The highest BCUT2D eigenvalue weighted by Gasteiger charge is 2.59. The SMILES string of the molecule is CC1(C)[C@@H](O)[C@H]2CCCN(c3nccc(N4CCOCC4)n3)[C@H]21. The first kappa shape index (κ1) is 15.1. The first-order valence-corrected chi connectivity index (χ1v) is 8.69. The summed E-state index contributed by atoms with van der Waals surface area (Å²) in [5.41, 5.74) is -0.0938. The second kappa shape index (κ2) is 5.60. The van der Waals surface area contributed by atoms with Gasteiger partial charge in [0.25, 0.3) is 0 Å². The van der Waals surface area contributed by atoms with E-state index < -0.39 is 0 Å². The molecule has 1 N–H and O–H groups in total. The lowest BCUT2D eigenvalue weighted by molar-refractivity contribution is -0.132. The van der Waals surface area contributed by atoms with Crippen LogP contribution in [0.15, 0.2) is 12.3 Å². The maximum absolute atomic E-state index is 10.4. The van der Waals surface area contributed by atoms with Crippen LogP contribution in [0.25, 0.3) is 0 Å². The number of aliphatic hydroxyl groups excluding tert-OH is 1. The Hall–Kier alpha value is -1.40. The Balaban J connectivity index is 1.60. The number of piperidine rings is 1. The summed E-state index contributed by atoms with van der Waals surface area (Å²) in [5.74, 6) is 2.15. The van der Waals surface area contributed by atoms with Crippen molar-refractivity contribution in [2.45, 2.75) is 38.8 Å². The van der Waals surface area contributed by atoms with Gasteiger partial charge in [0.05, 0.1) is 19.3 Å². The fourth-order valence-electron chi connectivity index (χ4n) is 4.59. The van der Waals surface area contributed by atoms with Crippen LogP contribution >= 0.6 is 0 Å². The molecule has 0 radical (unpaired) electrons. The van der Waals surface area contributed by atoms with Gasteiger partial charge in [0.2, 0.25) is 5.95 Å². The zero-order valence-electron chi connectivity index (χ0n) is 14.0. The van der Waals surface area contributed by atoms with Crippen LogP contribution in [-0.2, 0) is 4.74 Å². The van der Waals surface area contributed by atoms with E-state index in [0.29, 0.717) is 12.0 Å². The molecular formula is C17H26N4O2. The predicted octanol–water partition coefficient (Wildman–Crippen LogP) is 1.30. The molecule has 6 nitrogen and oxygen atoms in total. The number of morpholine rings is 1. The molecule has 23 heavy (non-hydrogen) atoms. The number of nitrogens with zero attached hydrogens (tertiary/aromatic N) is 4. The van der Waals surface area contributed by atoms with E-state index in [4.69, 9.17) is 9.72 Å². The summed E-state index contributed by atoms with van der Waals surface area (Å²) in [4.78, 5) is 14.0. The van der Waals surface area contributed by atoms with Crippen molar-refractivity contribution in [2.24, 2.45) is 11.3 Å². The van der Waals surface area contributed by atoms with E-state index >= 15 is 0 Å². The molecule has 6 heteroatoms. The van der Waals surface area contributed by atoms with Crippen LogP contribution in [-0.4, -0.2) is 60.1 Å². The van der Waals surface area contributed by atoms with Crippen molar-refractivity contribution >= 4 is 11.8 Å². The van der Waals surface area contributed by atoms with Gasteiger partial charge in [-0.15, -0.1) is 0 Å². The van der Waals surface area contributed by atoms with Crippen LogP contribution in [0.3, 0.4) is 0 Å². The normalized spacial score (nSPS) is 33.1. The lowest BCUT2D eigenvalue weighted by Gasteiger charge is -2.62. The fraction of sp³-hybridized carbons (Fsp3) is 0.765. The minimum absolute atomic E-state index is 0.0938. The minimum atomic E-state index is -0.210. The van der Waals surface area contributed by atoms with Crippen molar-refractivity contribution in [1.82, 2.24) is 9.97 Å². The smallest absolute Gasteiger partial charge is 0.227 e. The number of ether oxygens (including phenoxy) is 1. The Kier molecular flexibility index (Phi) is 3.69. The van der Waals surface area contributed by atoms with E-state index in [-0.39, 0.29) is 11.5 Å². The van der Waals surface area contributed by atoms with Crippen molar-refractivity contribution in [3.8, 4) is 0 Å². The molecule has 0 aromatic carbocycles. The molecule has 1 aromatic heterocycles. The van der Waals surface area contributed by atoms with Crippen molar-refractivity contribution in [3.05, 3.63) is 12.3 Å². The van der Waals surface area contributed by atoms with Gasteiger partial charge in [-0.05, 0) is 18.9 Å². The summed E-state index contributed by atoms with van der Waals surface area (Å²) in [6, 6.07) is 2.32. The zero-order chi connectivity index (χ0) is 16.0. The van der Waals surface area contributed by atoms with E-state index in [1.54, 1.807) is 0 Å². The number of aromatic nitrogens is 2. The number of fused-ring (bicyclic) bond motifs is 1. The molecule has 0 spiro atoms. The molecule has 3 heterocycles. The van der Waals surface area contributed by atoms with Crippen LogP contribution in [0.5, 0.6) is 0 Å². The van der Waals surface area contributed by atoms with Crippen LogP contribution in [0.1, 0.15) is 26.7 Å². The Labute approximate surface area is 137 Å². The average molecular weight is 318 g/mol.